The number of rotatable bonds is 7. The van der Waals surface area contributed by atoms with Gasteiger partial charge in [0.05, 0.1) is 6.61 Å². The largest absolute Gasteiger partial charge is 0.504 e. The van der Waals surface area contributed by atoms with Crippen molar-refractivity contribution in [1.29, 1.82) is 0 Å². The molecule has 1 aromatic carbocycles. The standard InChI is InChI=1S/C13H18O9/c14-4-9(17)12(20)10(18)5-22-13(21)11(19)6-1-2-7(15)8(16)3-6/h1-3,9-12,14-20H,4-5H2. The van der Waals surface area contributed by atoms with Crippen LogP contribution in [0, 0.1) is 0 Å². The molecule has 0 aliphatic heterocycles. The quantitative estimate of drug-likeness (QED) is 0.217. The zero-order valence-electron chi connectivity index (χ0n) is 11.4. The Morgan fingerprint density at radius 2 is 1.68 bits per heavy atom. The predicted octanol–water partition coefficient (Wildman–Crippen LogP) is -2.25. The second-order valence-electron chi connectivity index (χ2n) is 4.59. The number of ether oxygens (including phenoxy) is 1. The second-order valence-corrected chi connectivity index (χ2v) is 4.59. The molecule has 0 amide bonds. The van der Waals surface area contributed by atoms with E-state index in [4.69, 9.17) is 15.3 Å². The number of benzene rings is 1. The molecule has 0 radical (unpaired) electrons. The zero-order valence-corrected chi connectivity index (χ0v) is 11.4. The van der Waals surface area contributed by atoms with Crippen molar-refractivity contribution in [3.05, 3.63) is 23.8 Å². The Labute approximate surface area is 125 Å². The fourth-order valence-corrected chi connectivity index (χ4v) is 1.56. The molecule has 4 unspecified atom stereocenters. The van der Waals surface area contributed by atoms with Crippen molar-refractivity contribution in [3.8, 4) is 11.5 Å². The minimum absolute atomic E-state index is 0.0502. The minimum atomic E-state index is -1.78. The monoisotopic (exact) mass is 318 g/mol. The molecule has 1 rings (SSSR count). The van der Waals surface area contributed by atoms with E-state index in [0.717, 1.165) is 12.1 Å². The van der Waals surface area contributed by atoms with Gasteiger partial charge in [-0.25, -0.2) is 4.79 Å². The first-order chi connectivity index (χ1) is 10.3. The van der Waals surface area contributed by atoms with E-state index in [0.29, 0.717) is 0 Å². The van der Waals surface area contributed by atoms with Crippen molar-refractivity contribution in [3.63, 3.8) is 0 Å². The Morgan fingerprint density at radius 3 is 2.23 bits per heavy atom. The molecular formula is C13H18O9. The number of phenols is 2. The molecule has 7 N–H and O–H groups in total. The van der Waals surface area contributed by atoms with Gasteiger partial charge in [-0.15, -0.1) is 0 Å². The summed E-state index contributed by atoms with van der Waals surface area (Å²) in [6.07, 6.45) is -6.77. The molecule has 0 aliphatic rings. The van der Waals surface area contributed by atoms with E-state index in [2.05, 4.69) is 4.74 Å². The summed E-state index contributed by atoms with van der Waals surface area (Å²) >= 11 is 0. The molecule has 9 heteroatoms. The molecule has 0 saturated carbocycles. The average molecular weight is 318 g/mol. The molecule has 0 saturated heterocycles. The SMILES string of the molecule is O=C(OCC(O)C(O)C(O)CO)C(O)c1ccc(O)c(O)c1. The van der Waals surface area contributed by atoms with Crippen LogP contribution < -0.4 is 0 Å². The van der Waals surface area contributed by atoms with Gasteiger partial charge in [0.15, 0.2) is 17.6 Å². The van der Waals surface area contributed by atoms with E-state index in [-0.39, 0.29) is 5.56 Å². The van der Waals surface area contributed by atoms with Gasteiger partial charge in [-0.3, -0.25) is 0 Å². The van der Waals surface area contributed by atoms with Gasteiger partial charge in [0.25, 0.3) is 0 Å². The molecule has 1 aromatic rings. The molecule has 0 fully saturated rings. The van der Waals surface area contributed by atoms with Crippen LogP contribution >= 0.6 is 0 Å². The molecular weight excluding hydrogens is 300 g/mol. The number of carbonyl (C=O) groups is 1. The number of aromatic hydroxyl groups is 2. The Balaban J connectivity index is 2.59. The number of aliphatic hydroxyl groups excluding tert-OH is 5. The Kier molecular flexibility index (Phi) is 6.53. The van der Waals surface area contributed by atoms with E-state index in [1.807, 2.05) is 0 Å². The lowest BCUT2D eigenvalue weighted by Gasteiger charge is -2.21. The fraction of sp³-hybridized carbons (Fsp3) is 0.462. The third-order valence-electron chi connectivity index (χ3n) is 2.91. The Morgan fingerprint density at radius 1 is 1.05 bits per heavy atom. The number of hydrogen-bond donors (Lipinski definition) is 7. The zero-order chi connectivity index (χ0) is 16.9. The first-order valence-electron chi connectivity index (χ1n) is 6.29. The van der Waals surface area contributed by atoms with Gasteiger partial charge in [-0.1, -0.05) is 6.07 Å². The lowest BCUT2D eigenvalue weighted by molar-refractivity contribution is -0.162. The summed E-state index contributed by atoms with van der Waals surface area (Å²) in [7, 11) is 0. The van der Waals surface area contributed by atoms with Crippen LogP contribution in [0.2, 0.25) is 0 Å². The summed E-state index contributed by atoms with van der Waals surface area (Å²) in [5, 5.41) is 64.6. The van der Waals surface area contributed by atoms with Gasteiger partial charge >= 0.3 is 5.97 Å². The highest BCUT2D eigenvalue weighted by Crippen LogP contribution is 2.28. The first kappa shape index (κ1) is 18.1. The minimum Gasteiger partial charge on any atom is -0.504 e. The topological polar surface area (TPSA) is 168 Å². The van der Waals surface area contributed by atoms with Crippen LogP contribution in [0.3, 0.4) is 0 Å². The van der Waals surface area contributed by atoms with Crippen LogP contribution in [0.25, 0.3) is 0 Å². The summed E-state index contributed by atoms with van der Waals surface area (Å²) < 4.78 is 4.57. The number of phenolic OH excluding ortho intramolecular Hbond substituents is 2. The summed E-state index contributed by atoms with van der Waals surface area (Å²) in [5.41, 5.74) is -0.0502. The van der Waals surface area contributed by atoms with Crippen LogP contribution in [0.5, 0.6) is 11.5 Å². The fourth-order valence-electron chi connectivity index (χ4n) is 1.56. The van der Waals surface area contributed by atoms with Gasteiger partial charge < -0.3 is 40.5 Å². The van der Waals surface area contributed by atoms with Crippen LogP contribution in [0.4, 0.5) is 0 Å². The number of carbonyl (C=O) groups excluding carboxylic acids is 1. The number of hydrogen-bond acceptors (Lipinski definition) is 9. The van der Waals surface area contributed by atoms with E-state index in [9.17, 15) is 25.2 Å². The summed E-state index contributed by atoms with van der Waals surface area (Å²) in [6.45, 7) is -1.51. The normalized spacial score (nSPS) is 16.6. The highest BCUT2D eigenvalue weighted by atomic mass is 16.6. The summed E-state index contributed by atoms with van der Waals surface area (Å²) in [4.78, 5) is 11.6. The molecule has 124 valence electrons. The number of esters is 1. The van der Waals surface area contributed by atoms with Crippen LogP contribution in [-0.4, -0.2) is 73.2 Å². The smallest absolute Gasteiger partial charge is 0.339 e. The van der Waals surface area contributed by atoms with Crippen LogP contribution in [-0.2, 0) is 9.53 Å². The Hall–Kier alpha value is -1.91. The highest BCUT2D eigenvalue weighted by molar-refractivity contribution is 5.76. The molecule has 9 nitrogen and oxygen atoms in total. The van der Waals surface area contributed by atoms with Gasteiger partial charge in [0, 0.05) is 0 Å². The summed E-state index contributed by atoms with van der Waals surface area (Å²) in [5.74, 6) is -2.14. The third kappa shape index (κ3) is 4.55. The highest BCUT2D eigenvalue weighted by Gasteiger charge is 2.27. The van der Waals surface area contributed by atoms with Crippen molar-refractivity contribution in [2.24, 2.45) is 0 Å². The molecule has 0 aliphatic carbocycles. The van der Waals surface area contributed by atoms with Gasteiger partial charge in [-0.05, 0) is 17.7 Å². The maximum atomic E-state index is 11.6. The molecule has 0 bridgehead atoms. The van der Waals surface area contributed by atoms with Gasteiger partial charge in [0.2, 0.25) is 0 Å². The van der Waals surface area contributed by atoms with Crippen LogP contribution in [0.15, 0.2) is 18.2 Å². The molecule has 4 atom stereocenters. The molecule has 0 aromatic heterocycles. The predicted molar refractivity (Wildman–Crippen MR) is 70.8 cm³/mol. The van der Waals surface area contributed by atoms with Gasteiger partial charge in [0.1, 0.15) is 24.9 Å². The van der Waals surface area contributed by atoms with E-state index >= 15 is 0 Å². The van der Waals surface area contributed by atoms with Crippen molar-refractivity contribution in [2.45, 2.75) is 24.4 Å². The number of aliphatic hydroxyl groups is 5. The Bertz CT molecular complexity index is 504. The molecule has 0 spiro atoms. The van der Waals surface area contributed by atoms with Crippen LogP contribution in [0.1, 0.15) is 11.7 Å². The van der Waals surface area contributed by atoms with E-state index < -0.39 is 55.1 Å². The lowest BCUT2D eigenvalue weighted by atomic mass is 10.1. The van der Waals surface area contributed by atoms with E-state index in [1.54, 1.807) is 0 Å². The summed E-state index contributed by atoms with van der Waals surface area (Å²) in [6, 6.07) is 3.21. The molecule has 0 heterocycles. The van der Waals surface area contributed by atoms with E-state index in [1.165, 1.54) is 6.07 Å². The lowest BCUT2D eigenvalue weighted by Crippen LogP contribution is -2.42. The maximum absolute atomic E-state index is 11.6. The van der Waals surface area contributed by atoms with Crippen molar-refractivity contribution < 1.29 is 45.3 Å². The van der Waals surface area contributed by atoms with Gasteiger partial charge in [-0.2, -0.15) is 0 Å². The maximum Gasteiger partial charge on any atom is 0.339 e. The first-order valence-corrected chi connectivity index (χ1v) is 6.29. The average Bonchev–Trinajstić information content (AvgIpc) is 2.52. The van der Waals surface area contributed by atoms with Crippen molar-refractivity contribution in [2.75, 3.05) is 13.2 Å². The second kappa shape index (κ2) is 7.92. The third-order valence-corrected chi connectivity index (χ3v) is 2.91. The van der Waals surface area contributed by atoms with Crippen molar-refractivity contribution in [1.82, 2.24) is 0 Å². The van der Waals surface area contributed by atoms with Crippen molar-refractivity contribution >= 4 is 5.97 Å². The molecule has 22 heavy (non-hydrogen) atoms.